The highest BCUT2D eigenvalue weighted by molar-refractivity contribution is 5.92. The average Bonchev–Trinajstić information content (AvgIpc) is 2.70. The summed E-state index contributed by atoms with van der Waals surface area (Å²) in [5.41, 5.74) is 0.803. The summed E-state index contributed by atoms with van der Waals surface area (Å²) in [6.45, 7) is 6.24. The molecular formula is C21H31NO5. The summed E-state index contributed by atoms with van der Waals surface area (Å²) in [7, 11) is 1.32. The lowest BCUT2D eigenvalue weighted by atomic mass is 10.1. The molecule has 0 aromatic heterocycles. The highest BCUT2D eigenvalue weighted by Gasteiger charge is 2.25. The van der Waals surface area contributed by atoms with Crippen LogP contribution in [0.2, 0.25) is 0 Å². The number of carbonyl (C=O) groups is 2. The van der Waals surface area contributed by atoms with Crippen LogP contribution in [-0.4, -0.2) is 54.8 Å². The number of aliphatic hydroxyl groups excluding tert-OH is 1. The molecule has 6 heteroatoms. The first-order chi connectivity index (χ1) is 13.0. The second kappa shape index (κ2) is 12.1. The molecule has 0 radical (unpaired) electrons. The predicted molar refractivity (Wildman–Crippen MR) is 105 cm³/mol. The van der Waals surface area contributed by atoms with Gasteiger partial charge in [-0.3, -0.25) is 9.59 Å². The molecule has 1 aromatic rings. The van der Waals surface area contributed by atoms with Gasteiger partial charge in [0.05, 0.1) is 32.3 Å². The number of para-hydroxylation sites is 1. The zero-order valence-electron chi connectivity index (χ0n) is 16.7. The van der Waals surface area contributed by atoms with Gasteiger partial charge in [0, 0.05) is 18.2 Å². The average molecular weight is 377 g/mol. The fourth-order valence-electron chi connectivity index (χ4n) is 2.66. The number of benzene rings is 1. The topological polar surface area (TPSA) is 76.1 Å². The maximum Gasteiger partial charge on any atom is 0.310 e. The third-order valence-electron chi connectivity index (χ3n) is 4.27. The molecule has 0 saturated heterocycles. The molecule has 1 amide bonds. The maximum absolute atomic E-state index is 12.8. The number of carbonyl (C=O) groups excluding carboxylic acids is 2. The molecule has 1 aromatic carbocycles. The minimum absolute atomic E-state index is 0.166. The van der Waals surface area contributed by atoms with Gasteiger partial charge in [0.2, 0.25) is 5.91 Å². The Labute approximate surface area is 161 Å². The summed E-state index contributed by atoms with van der Waals surface area (Å²) >= 11 is 0. The molecule has 2 unspecified atom stereocenters. The van der Waals surface area contributed by atoms with E-state index in [1.165, 1.54) is 18.1 Å². The van der Waals surface area contributed by atoms with E-state index in [9.17, 15) is 14.7 Å². The molecule has 1 N–H and O–H groups in total. The molecule has 0 aliphatic heterocycles. The van der Waals surface area contributed by atoms with E-state index in [0.717, 1.165) is 12.0 Å². The number of esters is 1. The second-order valence-corrected chi connectivity index (χ2v) is 6.38. The first kappa shape index (κ1) is 22.7. The van der Waals surface area contributed by atoms with Gasteiger partial charge in [-0.1, -0.05) is 39.0 Å². The maximum atomic E-state index is 12.8. The third-order valence-corrected chi connectivity index (χ3v) is 4.27. The monoisotopic (exact) mass is 377 g/mol. The molecule has 0 bridgehead atoms. The number of hydrogen-bond acceptors (Lipinski definition) is 5. The van der Waals surface area contributed by atoms with Crippen LogP contribution >= 0.6 is 0 Å². The van der Waals surface area contributed by atoms with E-state index in [0.29, 0.717) is 18.8 Å². The SMILES string of the molecule is CCCOc1ccccc1/C=C/C(=O)N(CC(C)C(=O)OC)C(CC)CO. The van der Waals surface area contributed by atoms with Crippen LogP contribution in [0.3, 0.4) is 0 Å². The predicted octanol–water partition coefficient (Wildman–Crippen LogP) is 2.90. The van der Waals surface area contributed by atoms with Crippen molar-refractivity contribution in [3.63, 3.8) is 0 Å². The van der Waals surface area contributed by atoms with Crippen molar-refractivity contribution in [2.45, 2.75) is 39.7 Å². The Morgan fingerprint density at radius 3 is 2.56 bits per heavy atom. The van der Waals surface area contributed by atoms with Gasteiger partial charge in [0.15, 0.2) is 0 Å². The minimum atomic E-state index is -0.479. The van der Waals surface area contributed by atoms with E-state index in [1.54, 1.807) is 13.0 Å². The summed E-state index contributed by atoms with van der Waals surface area (Å²) in [4.78, 5) is 26.0. The number of rotatable bonds is 11. The first-order valence-electron chi connectivity index (χ1n) is 9.37. The molecule has 6 nitrogen and oxygen atoms in total. The standard InChI is InChI=1S/C21H31NO5/c1-5-13-27-19-10-8-7-9-17(19)11-12-20(24)22(18(6-2)15-23)14-16(3)21(25)26-4/h7-12,16,18,23H,5-6,13-15H2,1-4H3/b12-11+. The number of amides is 1. The van der Waals surface area contributed by atoms with Gasteiger partial charge in [-0.15, -0.1) is 0 Å². The van der Waals surface area contributed by atoms with Gasteiger partial charge in [-0.05, 0) is 25.0 Å². The van der Waals surface area contributed by atoms with Crippen LogP contribution in [0, 0.1) is 5.92 Å². The van der Waals surface area contributed by atoms with E-state index < -0.39 is 5.92 Å². The van der Waals surface area contributed by atoms with Gasteiger partial charge >= 0.3 is 5.97 Å². The van der Waals surface area contributed by atoms with Crippen molar-refractivity contribution in [1.82, 2.24) is 4.90 Å². The molecular weight excluding hydrogens is 346 g/mol. The number of hydrogen-bond donors (Lipinski definition) is 1. The van der Waals surface area contributed by atoms with Gasteiger partial charge in [0.1, 0.15) is 5.75 Å². The van der Waals surface area contributed by atoms with Gasteiger partial charge in [-0.2, -0.15) is 0 Å². The van der Waals surface area contributed by atoms with Crippen LogP contribution in [0.15, 0.2) is 30.3 Å². The molecule has 0 aliphatic rings. The van der Waals surface area contributed by atoms with Gasteiger partial charge < -0.3 is 19.5 Å². The second-order valence-electron chi connectivity index (χ2n) is 6.38. The van der Waals surface area contributed by atoms with Crippen LogP contribution in [0.1, 0.15) is 39.2 Å². The van der Waals surface area contributed by atoms with Crippen LogP contribution in [0.4, 0.5) is 0 Å². The first-order valence-corrected chi connectivity index (χ1v) is 9.37. The van der Waals surface area contributed by atoms with Crippen molar-refractivity contribution in [2.24, 2.45) is 5.92 Å². The lowest BCUT2D eigenvalue weighted by Gasteiger charge is -2.30. The van der Waals surface area contributed by atoms with Crippen molar-refractivity contribution in [3.8, 4) is 5.75 Å². The smallest absolute Gasteiger partial charge is 0.310 e. The third kappa shape index (κ3) is 7.06. The largest absolute Gasteiger partial charge is 0.493 e. The zero-order valence-corrected chi connectivity index (χ0v) is 16.7. The molecule has 150 valence electrons. The van der Waals surface area contributed by atoms with E-state index in [4.69, 9.17) is 9.47 Å². The molecule has 27 heavy (non-hydrogen) atoms. The Hall–Kier alpha value is -2.34. The molecule has 0 aliphatic carbocycles. The number of methoxy groups -OCH3 is 1. The van der Waals surface area contributed by atoms with Crippen molar-refractivity contribution in [2.75, 3.05) is 26.9 Å². The molecule has 0 spiro atoms. The zero-order chi connectivity index (χ0) is 20.2. The summed E-state index contributed by atoms with van der Waals surface area (Å²) in [6, 6.07) is 7.13. The van der Waals surface area contributed by atoms with Crippen molar-refractivity contribution < 1.29 is 24.2 Å². The fraction of sp³-hybridized carbons (Fsp3) is 0.524. The molecule has 2 atom stereocenters. The normalized spacial score (nSPS) is 13.2. The molecule has 0 saturated carbocycles. The lowest BCUT2D eigenvalue weighted by molar-refractivity contribution is -0.146. The Balaban J connectivity index is 2.98. The molecule has 0 heterocycles. The van der Waals surface area contributed by atoms with Crippen LogP contribution in [0.25, 0.3) is 6.08 Å². The van der Waals surface area contributed by atoms with E-state index >= 15 is 0 Å². The van der Waals surface area contributed by atoms with Crippen LogP contribution in [0.5, 0.6) is 5.75 Å². The summed E-state index contributed by atoms with van der Waals surface area (Å²) < 4.78 is 10.5. The Kier molecular flexibility index (Phi) is 10.2. The van der Waals surface area contributed by atoms with Gasteiger partial charge in [0.25, 0.3) is 0 Å². The van der Waals surface area contributed by atoms with E-state index in [2.05, 4.69) is 0 Å². The van der Waals surface area contributed by atoms with E-state index in [1.807, 2.05) is 38.1 Å². The summed E-state index contributed by atoms with van der Waals surface area (Å²) in [5.74, 6) is -0.417. The fourth-order valence-corrected chi connectivity index (χ4v) is 2.66. The van der Waals surface area contributed by atoms with Crippen LogP contribution < -0.4 is 4.74 Å². The van der Waals surface area contributed by atoms with E-state index in [-0.39, 0.29) is 31.1 Å². The summed E-state index contributed by atoms with van der Waals surface area (Å²) in [6.07, 6.45) is 4.63. The quantitative estimate of drug-likeness (QED) is 0.474. The van der Waals surface area contributed by atoms with Crippen molar-refractivity contribution in [3.05, 3.63) is 35.9 Å². The lowest BCUT2D eigenvalue weighted by Crippen LogP contribution is -2.45. The van der Waals surface area contributed by atoms with Gasteiger partial charge in [-0.25, -0.2) is 0 Å². The van der Waals surface area contributed by atoms with Crippen molar-refractivity contribution in [1.29, 1.82) is 0 Å². The number of ether oxygens (including phenoxy) is 2. The molecule has 0 fully saturated rings. The number of aliphatic hydroxyl groups is 1. The highest BCUT2D eigenvalue weighted by atomic mass is 16.5. The minimum Gasteiger partial charge on any atom is -0.493 e. The Morgan fingerprint density at radius 2 is 1.96 bits per heavy atom. The number of nitrogens with zero attached hydrogens (tertiary/aromatic N) is 1. The van der Waals surface area contributed by atoms with Crippen molar-refractivity contribution >= 4 is 18.0 Å². The van der Waals surface area contributed by atoms with Crippen LogP contribution in [-0.2, 0) is 14.3 Å². The summed E-state index contributed by atoms with van der Waals surface area (Å²) in [5, 5.41) is 9.63. The molecule has 1 rings (SSSR count). The Bertz CT molecular complexity index is 625. The highest BCUT2D eigenvalue weighted by Crippen LogP contribution is 2.20. The Morgan fingerprint density at radius 1 is 1.26 bits per heavy atom.